The maximum atomic E-state index is 4.84. The summed E-state index contributed by atoms with van der Waals surface area (Å²) in [5.41, 5.74) is 7.59. The smallest absolute Gasteiger partial charge is 0.0875 e. The van der Waals surface area contributed by atoms with Crippen molar-refractivity contribution in [2.24, 2.45) is 0 Å². The van der Waals surface area contributed by atoms with E-state index in [9.17, 15) is 0 Å². The molecule has 2 aromatic heterocycles. The van der Waals surface area contributed by atoms with Gasteiger partial charge in [-0.2, -0.15) is 0 Å². The van der Waals surface area contributed by atoms with Gasteiger partial charge in [-0.3, -0.25) is 9.97 Å². The largest absolute Gasteiger partial charge is 0.305 e. The fourth-order valence-electron chi connectivity index (χ4n) is 3.60. The molecule has 4 aromatic carbocycles. The molecule has 0 atom stereocenters. The molecule has 0 fully saturated rings. The summed E-state index contributed by atoms with van der Waals surface area (Å²) in [5, 5.41) is 0. The van der Waals surface area contributed by atoms with Crippen LogP contribution in [0.2, 0.25) is 0 Å². The van der Waals surface area contributed by atoms with Crippen LogP contribution in [0.5, 0.6) is 0 Å². The van der Waals surface area contributed by atoms with E-state index < -0.39 is 0 Å². The van der Waals surface area contributed by atoms with Crippen molar-refractivity contribution >= 4 is 11.0 Å². The van der Waals surface area contributed by atoms with Crippen LogP contribution in [0.15, 0.2) is 128 Å². The second kappa shape index (κ2) is 13.2. The van der Waals surface area contributed by atoms with Crippen molar-refractivity contribution in [3.8, 4) is 33.8 Å². The molecule has 0 aliphatic carbocycles. The van der Waals surface area contributed by atoms with Crippen LogP contribution in [0, 0.1) is 12.1 Å². The molecule has 6 rings (SSSR count). The first-order chi connectivity index (χ1) is 16.9. The normalized spacial score (nSPS) is 9.78. The monoisotopic (exact) mass is 644 g/mol. The third kappa shape index (κ3) is 6.37. The molecule has 0 spiro atoms. The summed E-state index contributed by atoms with van der Waals surface area (Å²) in [4.78, 5) is 13.9. The maximum absolute atomic E-state index is 4.84. The van der Waals surface area contributed by atoms with Gasteiger partial charge in [0.25, 0.3) is 0 Å². The molecule has 0 amide bonds. The van der Waals surface area contributed by atoms with Crippen molar-refractivity contribution in [2.75, 3.05) is 0 Å². The van der Waals surface area contributed by atoms with Crippen molar-refractivity contribution in [1.29, 1.82) is 0 Å². The Morgan fingerprint density at radius 3 is 1.64 bits per heavy atom. The van der Waals surface area contributed by atoms with Crippen molar-refractivity contribution < 1.29 is 20.1 Å². The van der Waals surface area contributed by atoms with Crippen LogP contribution in [0.1, 0.15) is 7.43 Å². The van der Waals surface area contributed by atoms with E-state index >= 15 is 0 Å². The van der Waals surface area contributed by atoms with E-state index in [4.69, 9.17) is 9.97 Å². The Morgan fingerprint density at radius 2 is 1.06 bits per heavy atom. The molecule has 0 N–H and O–H groups in total. The van der Waals surface area contributed by atoms with Crippen LogP contribution in [0.4, 0.5) is 0 Å². The van der Waals surface area contributed by atoms with Gasteiger partial charge in [0.2, 0.25) is 0 Å². The molecular weight excluding hydrogens is 619 g/mol. The molecule has 0 aliphatic rings. The van der Waals surface area contributed by atoms with Crippen molar-refractivity contribution in [2.45, 2.75) is 7.43 Å². The summed E-state index contributed by atoms with van der Waals surface area (Å²) in [6.07, 6.45) is 1.79. The van der Waals surface area contributed by atoms with E-state index in [1.807, 2.05) is 109 Å². The minimum Gasteiger partial charge on any atom is -0.305 e. The number of nitrogens with zero attached hydrogens (tertiary/aromatic N) is 3. The summed E-state index contributed by atoms with van der Waals surface area (Å²) >= 11 is 0. The SMILES string of the molecule is C.[Ir].[c-]1ccccc1-c1ccccn1.[c-]1ccccc1-c1nc2ccccc2nc1-c1ccccc1. The Hall–Kier alpha value is -3.98. The zero-order valence-corrected chi connectivity index (χ0v) is 21.2. The van der Waals surface area contributed by atoms with Gasteiger partial charge in [-0.1, -0.05) is 62.0 Å². The van der Waals surface area contributed by atoms with Gasteiger partial charge < -0.3 is 4.98 Å². The number of hydrogen-bond acceptors (Lipinski definition) is 3. The molecule has 1 radical (unpaired) electrons. The van der Waals surface area contributed by atoms with Gasteiger partial charge in [0.1, 0.15) is 0 Å². The molecule has 6 aromatic rings. The van der Waals surface area contributed by atoms with Crippen LogP contribution in [-0.2, 0) is 20.1 Å². The predicted octanol–water partition coefficient (Wildman–Crippen LogP) is 7.95. The predicted molar refractivity (Wildman–Crippen MR) is 144 cm³/mol. The van der Waals surface area contributed by atoms with Gasteiger partial charge in [0.05, 0.1) is 16.7 Å². The Balaban J connectivity index is 0.000000221. The number of rotatable bonds is 3. The molecule has 2 heterocycles. The average Bonchev–Trinajstić information content (AvgIpc) is 2.95. The first-order valence-electron chi connectivity index (χ1n) is 11.1. The van der Waals surface area contributed by atoms with Crippen LogP contribution < -0.4 is 0 Å². The molecular formula is C32H25IrN3-2. The topological polar surface area (TPSA) is 38.7 Å². The Morgan fingerprint density at radius 1 is 0.500 bits per heavy atom. The van der Waals surface area contributed by atoms with E-state index in [0.717, 1.165) is 44.8 Å². The Kier molecular flexibility index (Phi) is 9.76. The molecule has 0 bridgehead atoms. The Labute approximate surface area is 226 Å². The van der Waals surface area contributed by atoms with Crippen molar-refractivity contribution in [3.63, 3.8) is 0 Å². The summed E-state index contributed by atoms with van der Waals surface area (Å²) in [6.45, 7) is 0. The van der Waals surface area contributed by atoms with E-state index in [1.165, 1.54) is 0 Å². The molecule has 3 nitrogen and oxygen atoms in total. The second-order valence-corrected chi connectivity index (χ2v) is 7.54. The van der Waals surface area contributed by atoms with Crippen LogP contribution >= 0.6 is 0 Å². The van der Waals surface area contributed by atoms with Crippen molar-refractivity contribution in [1.82, 2.24) is 15.0 Å². The minimum atomic E-state index is 0. The number of hydrogen-bond donors (Lipinski definition) is 0. The standard InChI is InChI=1S/C20H13N2.C11H8N.CH4.Ir/c1-3-9-15(10-4-1)19-20(16-11-5-2-6-12-16)22-18-14-8-7-13-17(18)21-19;1-2-6-10(7-3-1)11-8-4-5-9-12-11;;/h1-11,13-14H;1-6,8-9H;1H4;/q2*-1;;. The fourth-order valence-corrected chi connectivity index (χ4v) is 3.60. The number of pyridine rings is 1. The third-order valence-corrected chi connectivity index (χ3v) is 5.23. The van der Waals surface area contributed by atoms with Crippen molar-refractivity contribution in [3.05, 3.63) is 140 Å². The zero-order chi connectivity index (χ0) is 23.0. The maximum Gasteiger partial charge on any atom is 0.0875 e. The van der Waals surface area contributed by atoms with Crippen LogP contribution in [0.25, 0.3) is 44.8 Å². The van der Waals surface area contributed by atoms with E-state index in [1.54, 1.807) is 6.20 Å². The minimum absolute atomic E-state index is 0. The summed E-state index contributed by atoms with van der Waals surface area (Å²) in [5.74, 6) is 0. The zero-order valence-electron chi connectivity index (χ0n) is 18.8. The molecule has 0 saturated carbocycles. The van der Waals surface area contributed by atoms with Crippen LogP contribution in [-0.4, -0.2) is 15.0 Å². The first kappa shape index (κ1) is 26.6. The molecule has 36 heavy (non-hydrogen) atoms. The summed E-state index contributed by atoms with van der Waals surface area (Å²) in [6, 6.07) is 46.1. The van der Waals surface area contributed by atoms with E-state index in [-0.39, 0.29) is 27.5 Å². The fraction of sp³-hybridized carbons (Fsp3) is 0.0312. The summed E-state index contributed by atoms with van der Waals surface area (Å²) in [7, 11) is 0. The molecule has 179 valence electrons. The molecule has 0 aliphatic heterocycles. The van der Waals surface area contributed by atoms with Gasteiger partial charge in [0, 0.05) is 32.0 Å². The van der Waals surface area contributed by atoms with Gasteiger partial charge in [-0.15, -0.1) is 71.8 Å². The van der Waals surface area contributed by atoms with Gasteiger partial charge in [0.15, 0.2) is 0 Å². The first-order valence-corrected chi connectivity index (χ1v) is 11.1. The average molecular weight is 644 g/mol. The quantitative estimate of drug-likeness (QED) is 0.184. The van der Waals surface area contributed by atoms with Gasteiger partial charge in [-0.05, 0) is 29.5 Å². The molecule has 0 saturated heterocycles. The van der Waals surface area contributed by atoms with E-state index in [0.29, 0.717) is 0 Å². The van der Waals surface area contributed by atoms with Crippen LogP contribution in [0.3, 0.4) is 0 Å². The summed E-state index contributed by atoms with van der Waals surface area (Å²) < 4.78 is 0. The van der Waals surface area contributed by atoms with Gasteiger partial charge in [-0.25, -0.2) is 0 Å². The van der Waals surface area contributed by atoms with E-state index in [2.05, 4.69) is 29.2 Å². The number of fused-ring (bicyclic) bond motifs is 1. The number of benzene rings is 4. The Bertz CT molecular complexity index is 1360. The third-order valence-electron chi connectivity index (χ3n) is 5.23. The number of aromatic nitrogens is 3. The number of para-hydroxylation sites is 2. The molecule has 4 heteroatoms. The second-order valence-electron chi connectivity index (χ2n) is 7.54. The molecule has 0 unspecified atom stereocenters. The van der Waals surface area contributed by atoms with Gasteiger partial charge >= 0.3 is 0 Å².